The van der Waals surface area contributed by atoms with Crippen LogP contribution in [0.5, 0.6) is 5.75 Å². The zero-order valence-electron chi connectivity index (χ0n) is 17.5. The van der Waals surface area contributed by atoms with Crippen molar-refractivity contribution in [3.8, 4) is 5.75 Å². The lowest BCUT2D eigenvalue weighted by atomic mass is 9.97. The largest absolute Gasteiger partial charge is 0.497 e. The summed E-state index contributed by atoms with van der Waals surface area (Å²) in [6.45, 7) is 0. The predicted molar refractivity (Wildman–Crippen MR) is 128 cm³/mol. The van der Waals surface area contributed by atoms with Gasteiger partial charge in [0.15, 0.2) is 0 Å². The molecule has 4 rings (SSSR count). The van der Waals surface area contributed by atoms with E-state index in [2.05, 4.69) is 5.32 Å². The summed E-state index contributed by atoms with van der Waals surface area (Å²) in [5.74, 6) is -0.900. The lowest BCUT2D eigenvalue weighted by Gasteiger charge is -2.26. The summed E-state index contributed by atoms with van der Waals surface area (Å²) in [5.41, 5.74) is 2.37. The fourth-order valence-electron chi connectivity index (χ4n) is 3.51. The average Bonchev–Trinajstić information content (AvgIpc) is 2.79. The smallest absolute Gasteiger partial charge is 0.335 e. The molecule has 4 amide bonds. The van der Waals surface area contributed by atoms with E-state index < -0.39 is 17.8 Å². The first kappa shape index (κ1) is 22.6. The molecule has 8 heteroatoms. The molecule has 0 aliphatic carbocycles. The molecule has 0 saturated carbocycles. The molecule has 1 saturated heterocycles. The Kier molecular flexibility index (Phi) is 6.49. The van der Waals surface area contributed by atoms with E-state index in [0.717, 1.165) is 16.0 Å². The molecule has 33 heavy (non-hydrogen) atoms. The second-order valence-electron chi connectivity index (χ2n) is 7.27. The Bertz CT molecular complexity index is 1300. The fourth-order valence-corrected chi connectivity index (χ4v) is 3.90. The predicted octanol–water partition coefficient (Wildman–Crippen LogP) is 5.26. The SMILES string of the molecule is COc1ccc(/C=C2\C(=O)NC(=O)N(c3cccc(Cl)c3)C2=O)c(Cc2ccccc2Cl)c1. The van der Waals surface area contributed by atoms with Gasteiger partial charge in [0, 0.05) is 10.0 Å². The number of rotatable bonds is 5. The van der Waals surface area contributed by atoms with Crippen molar-refractivity contribution in [2.24, 2.45) is 0 Å². The molecule has 0 spiro atoms. The van der Waals surface area contributed by atoms with Crippen LogP contribution >= 0.6 is 23.2 Å². The Morgan fingerprint density at radius 2 is 1.73 bits per heavy atom. The number of benzene rings is 3. The Morgan fingerprint density at radius 3 is 2.45 bits per heavy atom. The third kappa shape index (κ3) is 4.77. The van der Waals surface area contributed by atoms with Gasteiger partial charge in [-0.3, -0.25) is 14.9 Å². The van der Waals surface area contributed by atoms with Gasteiger partial charge in [0.1, 0.15) is 11.3 Å². The van der Waals surface area contributed by atoms with E-state index in [1.165, 1.54) is 12.1 Å². The molecular formula is C25H18Cl2N2O4. The number of methoxy groups -OCH3 is 1. The van der Waals surface area contributed by atoms with Crippen molar-refractivity contribution in [3.05, 3.63) is 99.0 Å². The number of hydrogen-bond donors (Lipinski definition) is 1. The molecule has 0 radical (unpaired) electrons. The van der Waals surface area contributed by atoms with E-state index in [0.29, 0.717) is 27.8 Å². The molecule has 3 aromatic carbocycles. The van der Waals surface area contributed by atoms with Gasteiger partial charge in [-0.15, -0.1) is 0 Å². The van der Waals surface area contributed by atoms with Crippen LogP contribution < -0.4 is 15.0 Å². The molecule has 1 N–H and O–H groups in total. The molecule has 6 nitrogen and oxygen atoms in total. The average molecular weight is 481 g/mol. The third-order valence-electron chi connectivity index (χ3n) is 5.16. The maximum absolute atomic E-state index is 13.2. The van der Waals surface area contributed by atoms with Crippen molar-refractivity contribution in [1.29, 1.82) is 0 Å². The van der Waals surface area contributed by atoms with Crippen LogP contribution in [0.2, 0.25) is 10.0 Å². The summed E-state index contributed by atoms with van der Waals surface area (Å²) < 4.78 is 5.34. The van der Waals surface area contributed by atoms with Crippen molar-refractivity contribution in [3.63, 3.8) is 0 Å². The highest BCUT2D eigenvalue weighted by molar-refractivity contribution is 6.39. The van der Waals surface area contributed by atoms with Gasteiger partial charge in [0.2, 0.25) is 0 Å². The molecule has 166 valence electrons. The van der Waals surface area contributed by atoms with Crippen molar-refractivity contribution < 1.29 is 19.1 Å². The number of carbonyl (C=O) groups is 3. The Morgan fingerprint density at radius 1 is 0.939 bits per heavy atom. The second kappa shape index (κ2) is 9.48. The van der Waals surface area contributed by atoms with Crippen molar-refractivity contribution >= 4 is 52.8 Å². The third-order valence-corrected chi connectivity index (χ3v) is 5.76. The van der Waals surface area contributed by atoms with Gasteiger partial charge >= 0.3 is 6.03 Å². The number of ether oxygens (including phenoxy) is 1. The Balaban J connectivity index is 1.77. The molecule has 0 bridgehead atoms. The summed E-state index contributed by atoms with van der Waals surface area (Å²) in [7, 11) is 1.55. The van der Waals surface area contributed by atoms with Gasteiger partial charge < -0.3 is 4.74 Å². The Labute approximate surface area is 200 Å². The zero-order chi connectivity index (χ0) is 23.5. The van der Waals surface area contributed by atoms with Crippen LogP contribution in [0.3, 0.4) is 0 Å². The van der Waals surface area contributed by atoms with Crippen molar-refractivity contribution in [2.45, 2.75) is 6.42 Å². The fraction of sp³-hybridized carbons (Fsp3) is 0.0800. The van der Waals surface area contributed by atoms with Crippen LogP contribution in [0.25, 0.3) is 6.08 Å². The molecule has 0 aromatic heterocycles. The van der Waals surface area contributed by atoms with Gasteiger partial charge in [-0.2, -0.15) is 0 Å². The van der Waals surface area contributed by atoms with Gasteiger partial charge in [-0.25, -0.2) is 9.69 Å². The van der Waals surface area contributed by atoms with Gasteiger partial charge in [0.05, 0.1) is 12.8 Å². The van der Waals surface area contributed by atoms with Crippen LogP contribution in [-0.2, 0) is 16.0 Å². The first-order chi connectivity index (χ1) is 15.9. The van der Waals surface area contributed by atoms with E-state index in [-0.39, 0.29) is 11.3 Å². The summed E-state index contributed by atoms with van der Waals surface area (Å²) in [4.78, 5) is 39.1. The number of imide groups is 2. The maximum Gasteiger partial charge on any atom is 0.335 e. The van der Waals surface area contributed by atoms with E-state index in [9.17, 15) is 14.4 Å². The minimum atomic E-state index is -0.838. The first-order valence-electron chi connectivity index (χ1n) is 9.94. The minimum Gasteiger partial charge on any atom is -0.497 e. The zero-order valence-corrected chi connectivity index (χ0v) is 19.0. The number of halogens is 2. The van der Waals surface area contributed by atoms with Crippen LogP contribution in [0.1, 0.15) is 16.7 Å². The number of hydrogen-bond acceptors (Lipinski definition) is 4. The molecule has 3 aromatic rings. The first-order valence-corrected chi connectivity index (χ1v) is 10.7. The summed E-state index contributed by atoms with van der Waals surface area (Å²) in [6, 6.07) is 18.1. The van der Waals surface area contributed by atoms with Gasteiger partial charge in [-0.05, 0) is 65.6 Å². The summed E-state index contributed by atoms with van der Waals surface area (Å²) in [5, 5.41) is 3.17. The van der Waals surface area contributed by atoms with E-state index >= 15 is 0 Å². The summed E-state index contributed by atoms with van der Waals surface area (Å²) >= 11 is 12.4. The number of barbiturate groups is 1. The molecule has 0 unspecified atom stereocenters. The molecule has 1 heterocycles. The highest BCUT2D eigenvalue weighted by atomic mass is 35.5. The standard InChI is InChI=1S/C25H18Cl2N2O4/c1-33-20-10-9-15(17(12-20)11-16-5-2-3-8-22(16)27)13-21-23(30)28-25(32)29(24(21)31)19-7-4-6-18(26)14-19/h2-10,12-14H,11H2,1H3,(H,28,30,32)/b21-13+. The Hall–Kier alpha value is -3.61. The molecular weight excluding hydrogens is 463 g/mol. The highest BCUT2D eigenvalue weighted by Crippen LogP contribution is 2.28. The van der Waals surface area contributed by atoms with Crippen molar-refractivity contribution in [2.75, 3.05) is 12.0 Å². The molecule has 1 fully saturated rings. The number of nitrogens with zero attached hydrogens (tertiary/aromatic N) is 1. The van der Waals surface area contributed by atoms with Crippen LogP contribution in [0.4, 0.5) is 10.5 Å². The second-order valence-corrected chi connectivity index (χ2v) is 8.11. The monoisotopic (exact) mass is 480 g/mol. The number of anilines is 1. The van der Waals surface area contributed by atoms with Gasteiger partial charge in [-0.1, -0.05) is 53.5 Å². The lowest BCUT2D eigenvalue weighted by Crippen LogP contribution is -2.54. The van der Waals surface area contributed by atoms with E-state index in [1.807, 2.05) is 24.3 Å². The van der Waals surface area contributed by atoms with Gasteiger partial charge in [0.25, 0.3) is 11.8 Å². The normalized spacial score (nSPS) is 15.1. The number of amides is 4. The molecule has 0 atom stereocenters. The topological polar surface area (TPSA) is 75.7 Å². The van der Waals surface area contributed by atoms with E-state index in [4.69, 9.17) is 27.9 Å². The molecule has 1 aliphatic heterocycles. The van der Waals surface area contributed by atoms with Crippen LogP contribution in [0, 0.1) is 0 Å². The quantitative estimate of drug-likeness (QED) is 0.399. The number of nitrogens with one attached hydrogen (secondary N) is 1. The van der Waals surface area contributed by atoms with Crippen LogP contribution in [0.15, 0.2) is 72.3 Å². The van der Waals surface area contributed by atoms with Crippen molar-refractivity contribution in [1.82, 2.24) is 5.32 Å². The number of carbonyl (C=O) groups excluding carboxylic acids is 3. The maximum atomic E-state index is 13.2. The minimum absolute atomic E-state index is 0.180. The van der Waals surface area contributed by atoms with E-state index in [1.54, 1.807) is 43.5 Å². The summed E-state index contributed by atoms with van der Waals surface area (Å²) in [6.07, 6.45) is 1.91. The highest BCUT2D eigenvalue weighted by Gasteiger charge is 2.37. The number of urea groups is 1. The lowest BCUT2D eigenvalue weighted by molar-refractivity contribution is -0.122. The van der Waals surface area contributed by atoms with Crippen LogP contribution in [-0.4, -0.2) is 25.0 Å². The molecule has 1 aliphatic rings.